The quantitative estimate of drug-likeness (QED) is 0.890. The Labute approximate surface area is 109 Å². The summed E-state index contributed by atoms with van der Waals surface area (Å²) in [5.74, 6) is 0.550. The van der Waals surface area contributed by atoms with Crippen LogP contribution in [0, 0.1) is 0 Å². The van der Waals surface area contributed by atoms with Crippen LogP contribution in [-0.4, -0.2) is 9.78 Å². The summed E-state index contributed by atoms with van der Waals surface area (Å²) in [5.41, 5.74) is 10.1. The van der Waals surface area contributed by atoms with Crippen LogP contribution in [-0.2, 0) is 6.54 Å². The Kier molecular flexibility index (Phi) is 3.70. The summed E-state index contributed by atoms with van der Waals surface area (Å²) in [4.78, 5) is 0. The molecule has 0 aliphatic heterocycles. The predicted octanol–water partition coefficient (Wildman–Crippen LogP) is 3.67. The summed E-state index contributed by atoms with van der Waals surface area (Å²) in [6.07, 6.45) is 2.97. The van der Waals surface area contributed by atoms with Gasteiger partial charge in [-0.3, -0.25) is 4.68 Å². The second-order valence-corrected chi connectivity index (χ2v) is 4.97. The molecule has 1 heterocycles. The van der Waals surface area contributed by atoms with Gasteiger partial charge in [-0.25, -0.2) is 0 Å². The molecular formula is C15H21N3. The van der Waals surface area contributed by atoms with Crippen LogP contribution in [0.5, 0.6) is 0 Å². The van der Waals surface area contributed by atoms with Gasteiger partial charge in [0.15, 0.2) is 0 Å². The van der Waals surface area contributed by atoms with Crippen LogP contribution in [0.1, 0.15) is 38.7 Å². The van der Waals surface area contributed by atoms with Gasteiger partial charge in [-0.15, -0.1) is 0 Å². The third-order valence-corrected chi connectivity index (χ3v) is 3.09. The first-order valence-corrected chi connectivity index (χ1v) is 6.55. The minimum atomic E-state index is 0.550. The van der Waals surface area contributed by atoms with Crippen LogP contribution in [0.3, 0.4) is 0 Å². The molecule has 1 aromatic carbocycles. The van der Waals surface area contributed by atoms with Crippen LogP contribution in [0.15, 0.2) is 30.5 Å². The Morgan fingerprint density at radius 3 is 2.44 bits per heavy atom. The van der Waals surface area contributed by atoms with Crippen molar-refractivity contribution in [3.63, 3.8) is 0 Å². The summed E-state index contributed by atoms with van der Waals surface area (Å²) in [5, 5.41) is 4.54. The number of benzene rings is 1. The molecule has 0 amide bonds. The molecule has 2 rings (SSSR count). The molecule has 0 spiro atoms. The van der Waals surface area contributed by atoms with Gasteiger partial charge in [0.25, 0.3) is 0 Å². The minimum Gasteiger partial charge on any atom is -0.396 e. The van der Waals surface area contributed by atoms with Crippen LogP contribution in [0.2, 0.25) is 0 Å². The van der Waals surface area contributed by atoms with Gasteiger partial charge < -0.3 is 5.73 Å². The lowest BCUT2D eigenvalue weighted by molar-refractivity contribution is 0.605. The van der Waals surface area contributed by atoms with Gasteiger partial charge >= 0.3 is 0 Å². The van der Waals surface area contributed by atoms with Crippen molar-refractivity contribution in [1.82, 2.24) is 9.78 Å². The van der Waals surface area contributed by atoms with E-state index in [1.807, 2.05) is 10.9 Å². The first kappa shape index (κ1) is 12.7. The summed E-state index contributed by atoms with van der Waals surface area (Å²) in [6.45, 7) is 7.43. The van der Waals surface area contributed by atoms with E-state index in [2.05, 4.69) is 50.1 Å². The van der Waals surface area contributed by atoms with Gasteiger partial charge in [-0.2, -0.15) is 5.10 Å². The molecule has 2 aromatic rings. The predicted molar refractivity (Wildman–Crippen MR) is 76.5 cm³/mol. The van der Waals surface area contributed by atoms with E-state index >= 15 is 0 Å². The maximum absolute atomic E-state index is 6.02. The third kappa shape index (κ3) is 2.55. The number of hydrogen-bond donors (Lipinski definition) is 1. The van der Waals surface area contributed by atoms with Gasteiger partial charge in [0.2, 0.25) is 0 Å². The molecule has 2 N–H and O–H groups in total. The molecule has 0 aliphatic carbocycles. The number of nitrogens with two attached hydrogens (primary N) is 1. The summed E-state index contributed by atoms with van der Waals surface area (Å²) < 4.78 is 1.92. The molecule has 0 radical (unpaired) electrons. The number of aromatic nitrogens is 2. The Balaban J connectivity index is 2.30. The lowest BCUT2D eigenvalue weighted by Gasteiger charge is -2.06. The zero-order valence-electron chi connectivity index (χ0n) is 11.4. The van der Waals surface area contributed by atoms with Gasteiger partial charge in [-0.05, 0) is 17.9 Å². The molecule has 3 nitrogen and oxygen atoms in total. The molecule has 18 heavy (non-hydrogen) atoms. The topological polar surface area (TPSA) is 43.8 Å². The number of aryl methyl sites for hydroxylation is 1. The molecule has 0 saturated heterocycles. The zero-order valence-corrected chi connectivity index (χ0v) is 11.4. The van der Waals surface area contributed by atoms with E-state index in [1.54, 1.807) is 0 Å². The van der Waals surface area contributed by atoms with Crippen LogP contribution in [0.25, 0.3) is 11.3 Å². The highest BCUT2D eigenvalue weighted by Gasteiger charge is 2.08. The van der Waals surface area contributed by atoms with Crippen molar-refractivity contribution in [3.8, 4) is 11.3 Å². The molecule has 0 atom stereocenters. The van der Waals surface area contributed by atoms with Crippen LogP contribution in [0.4, 0.5) is 5.69 Å². The second-order valence-electron chi connectivity index (χ2n) is 4.97. The van der Waals surface area contributed by atoms with Gasteiger partial charge in [0, 0.05) is 18.3 Å². The van der Waals surface area contributed by atoms with Crippen molar-refractivity contribution < 1.29 is 0 Å². The smallest absolute Gasteiger partial charge is 0.115 e. The highest BCUT2D eigenvalue weighted by Crippen LogP contribution is 2.25. The third-order valence-electron chi connectivity index (χ3n) is 3.09. The Bertz CT molecular complexity index is 509. The monoisotopic (exact) mass is 243 g/mol. The number of anilines is 1. The highest BCUT2D eigenvalue weighted by molar-refractivity contribution is 5.72. The maximum atomic E-state index is 6.02. The molecule has 0 saturated carbocycles. The zero-order chi connectivity index (χ0) is 13.1. The Morgan fingerprint density at radius 2 is 1.89 bits per heavy atom. The number of hydrogen-bond acceptors (Lipinski definition) is 2. The van der Waals surface area contributed by atoms with Crippen molar-refractivity contribution in [2.24, 2.45) is 0 Å². The highest BCUT2D eigenvalue weighted by atomic mass is 15.3. The van der Waals surface area contributed by atoms with Gasteiger partial charge in [-0.1, -0.05) is 45.0 Å². The molecule has 0 fully saturated rings. The average Bonchev–Trinajstić information content (AvgIpc) is 2.71. The summed E-state index contributed by atoms with van der Waals surface area (Å²) >= 11 is 0. The largest absolute Gasteiger partial charge is 0.396 e. The molecule has 0 bridgehead atoms. The van der Waals surface area contributed by atoms with E-state index in [1.165, 1.54) is 5.56 Å². The van der Waals surface area contributed by atoms with Crippen molar-refractivity contribution in [2.75, 3.05) is 5.73 Å². The SMILES string of the molecule is CCCn1cc(N)c(-c2ccc(C(C)C)cc2)n1. The molecule has 0 aliphatic rings. The van der Waals surface area contributed by atoms with E-state index in [9.17, 15) is 0 Å². The van der Waals surface area contributed by atoms with Gasteiger partial charge in [0.05, 0.1) is 5.69 Å². The van der Waals surface area contributed by atoms with E-state index in [-0.39, 0.29) is 0 Å². The van der Waals surface area contributed by atoms with Crippen molar-refractivity contribution >= 4 is 5.69 Å². The molecule has 0 unspecified atom stereocenters. The number of rotatable bonds is 4. The van der Waals surface area contributed by atoms with Crippen LogP contribution >= 0.6 is 0 Å². The first-order valence-electron chi connectivity index (χ1n) is 6.55. The molecule has 1 aromatic heterocycles. The number of nitrogen functional groups attached to an aromatic ring is 1. The summed E-state index contributed by atoms with van der Waals surface area (Å²) in [6, 6.07) is 8.51. The van der Waals surface area contributed by atoms with Crippen molar-refractivity contribution in [1.29, 1.82) is 0 Å². The fraction of sp³-hybridized carbons (Fsp3) is 0.400. The van der Waals surface area contributed by atoms with E-state index in [0.29, 0.717) is 5.92 Å². The van der Waals surface area contributed by atoms with E-state index < -0.39 is 0 Å². The molecule has 3 heteroatoms. The summed E-state index contributed by atoms with van der Waals surface area (Å²) in [7, 11) is 0. The van der Waals surface area contributed by atoms with Crippen molar-refractivity contribution in [3.05, 3.63) is 36.0 Å². The number of nitrogens with zero attached hydrogens (tertiary/aromatic N) is 2. The maximum Gasteiger partial charge on any atom is 0.115 e. The fourth-order valence-electron chi connectivity index (χ4n) is 2.03. The molecule has 96 valence electrons. The molecular weight excluding hydrogens is 222 g/mol. The van der Waals surface area contributed by atoms with E-state index in [4.69, 9.17) is 5.73 Å². The van der Waals surface area contributed by atoms with E-state index in [0.717, 1.165) is 29.9 Å². The lowest BCUT2D eigenvalue weighted by Crippen LogP contribution is -1.96. The second kappa shape index (κ2) is 5.25. The fourth-order valence-corrected chi connectivity index (χ4v) is 2.03. The standard InChI is InChI=1S/C15H21N3/c1-4-9-18-10-14(16)15(17-18)13-7-5-12(6-8-13)11(2)3/h5-8,10-11H,4,9,16H2,1-3H3. The van der Waals surface area contributed by atoms with Crippen molar-refractivity contribution in [2.45, 2.75) is 39.7 Å². The lowest BCUT2D eigenvalue weighted by atomic mass is 10.0. The normalized spacial score (nSPS) is 11.1. The average molecular weight is 243 g/mol. The Hall–Kier alpha value is -1.77. The van der Waals surface area contributed by atoms with Gasteiger partial charge in [0.1, 0.15) is 5.69 Å². The van der Waals surface area contributed by atoms with Crippen LogP contribution < -0.4 is 5.73 Å². The first-order chi connectivity index (χ1) is 8.61. The Morgan fingerprint density at radius 1 is 1.22 bits per heavy atom. The minimum absolute atomic E-state index is 0.550.